The summed E-state index contributed by atoms with van der Waals surface area (Å²) in [6.07, 6.45) is 5.85. The number of rotatable bonds is 6. The Hall–Kier alpha value is -1.17. The van der Waals surface area contributed by atoms with Gasteiger partial charge in [0.05, 0.1) is 6.61 Å². The van der Waals surface area contributed by atoms with Crippen LogP contribution in [0.1, 0.15) is 30.3 Å². The standard InChI is InChI=1S/C11H16N2O3S/c1-3-15-9(14)8-6-16-10(13-8)12-7-11(17-2)4-5-11/h6H,3-5,7H2,1-2H3,(H,12,13). The highest BCUT2D eigenvalue weighted by Gasteiger charge is 2.41. The van der Waals surface area contributed by atoms with E-state index in [1.165, 1.54) is 19.1 Å². The molecule has 0 unspecified atom stereocenters. The second kappa shape index (κ2) is 5.00. The van der Waals surface area contributed by atoms with Crippen molar-refractivity contribution in [1.29, 1.82) is 0 Å². The van der Waals surface area contributed by atoms with Gasteiger partial charge in [0.2, 0.25) is 0 Å². The summed E-state index contributed by atoms with van der Waals surface area (Å²) in [6, 6.07) is 0.383. The van der Waals surface area contributed by atoms with Crippen LogP contribution in [0.5, 0.6) is 0 Å². The van der Waals surface area contributed by atoms with Gasteiger partial charge in [-0.15, -0.1) is 0 Å². The lowest BCUT2D eigenvalue weighted by Crippen LogP contribution is -2.17. The average Bonchev–Trinajstić information content (AvgIpc) is 2.96. The van der Waals surface area contributed by atoms with Crippen LogP contribution < -0.4 is 5.32 Å². The van der Waals surface area contributed by atoms with Gasteiger partial charge in [0, 0.05) is 11.3 Å². The summed E-state index contributed by atoms with van der Waals surface area (Å²) in [6.45, 7) is 2.91. The minimum absolute atomic E-state index is 0.211. The summed E-state index contributed by atoms with van der Waals surface area (Å²) < 4.78 is 10.3. The zero-order valence-electron chi connectivity index (χ0n) is 9.99. The quantitative estimate of drug-likeness (QED) is 0.787. The smallest absolute Gasteiger partial charge is 0.360 e. The summed E-state index contributed by atoms with van der Waals surface area (Å²) in [7, 11) is 0. The molecule has 17 heavy (non-hydrogen) atoms. The molecular formula is C11H16N2O3S. The predicted octanol–water partition coefficient (Wildman–Crippen LogP) is 2.16. The van der Waals surface area contributed by atoms with Gasteiger partial charge in [0.25, 0.3) is 6.01 Å². The monoisotopic (exact) mass is 256 g/mol. The Labute approximate surface area is 104 Å². The fourth-order valence-electron chi connectivity index (χ4n) is 1.48. The second-order valence-corrected chi connectivity index (χ2v) is 5.27. The van der Waals surface area contributed by atoms with E-state index < -0.39 is 5.97 Å². The van der Waals surface area contributed by atoms with Crippen molar-refractivity contribution in [2.75, 3.05) is 24.7 Å². The fourth-order valence-corrected chi connectivity index (χ4v) is 2.21. The summed E-state index contributed by atoms with van der Waals surface area (Å²) in [5, 5.41) is 3.11. The van der Waals surface area contributed by atoms with Crippen LogP contribution in [-0.2, 0) is 4.74 Å². The number of hydrogen-bond donors (Lipinski definition) is 1. The van der Waals surface area contributed by atoms with Crippen LogP contribution in [0.4, 0.5) is 6.01 Å². The minimum atomic E-state index is -0.449. The molecule has 2 rings (SSSR count). The molecule has 1 fully saturated rings. The normalized spacial score (nSPS) is 16.6. The van der Waals surface area contributed by atoms with Gasteiger partial charge >= 0.3 is 5.97 Å². The Morgan fingerprint density at radius 1 is 1.71 bits per heavy atom. The maximum atomic E-state index is 11.4. The lowest BCUT2D eigenvalue weighted by atomic mass is 10.4. The van der Waals surface area contributed by atoms with Crippen molar-refractivity contribution in [2.45, 2.75) is 24.5 Å². The maximum Gasteiger partial charge on any atom is 0.360 e. The van der Waals surface area contributed by atoms with Crippen LogP contribution in [0.25, 0.3) is 0 Å². The Balaban J connectivity index is 1.88. The lowest BCUT2D eigenvalue weighted by molar-refractivity contribution is 0.0519. The minimum Gasteiger partial charge on any atom is -0.461 e. The molecule has 1 saturated carbocycles. The van der Waals surface area contributed by atoms with E-state index in [-0.39, 0.29) is 5.69 Å². The summed E-state index contributed by atoms with van der Waals surface area (Å²) >= 11 is 1.86. The molecule has 0 radical (unpaired) electrons. The lowest BCUT2D eigenvalue weighted by Gasteiger charge is -2.10. The molecule has 0 atom stereocenters. The number of hydrogen-bond acceptors (Lipinski definition) is 6. The third-order valence-corrected chi connectivity index (χ3v) is 4.21. The number of nitrogens with zero attached hydrogens (tertiary/aromatic N) is 1. The van der Waals surface area contributed by atoms with E-state index in [9.17, 15) is 4.79 Å². The van der Waals surface area contributed by atoms with E-state index in [4.69, 9.17) is 9.15 Å². The molecule has 5 nitrogen and oxygen atoms in total. The van der Waals surface area contributed by atoms with E-state index in [0.29, 0.717) is 17.4 Å². The molecule has 0 bridgehead atoms. The van der Waals surface area contributed by atoms with E-state index in [0.717, 1.165) is 6.54 Å². The highest BCUT2D eigenvalue weighted by molar-refractivity contribution is 8.00. The van der Waals surface area contributed by atoms with Gasteiger partial charge in [-0.2, -0.15) is 16.7 Å². The predicted molar refractivity (Wildman–Crippen MR) is 66.4 cm³/mol. The van der Waals surface area contributed by atoms with Crippen molar-refractivity contribution in [3.63, 3.8) is 0 Å². The van der Waals surface area contributed by atoms with Crippen molar-refractivity contribution in [2.24, 2.45) is 0 Å². The van der Waals surface area contributed by atoms with Crippen LogP contribution >= 0.6 is 11.8 Å². The van der Waals surface area contributed by atoms with Gasteiger partial charge in [-0.3, -0.25) is 0 Å². The van der Waals surface area contributed by atoms with Crippen LogP contribution in [0.2, 0.25) is 0 Å². The zero-order chi connectivity index (χ0) is 12.3. The molecule has 0 amide bonds. The number of nitrogens with one attached hydrogen (secondary N) is 1. The molecule has 0 aliphatic heterocycles. The molecule has 1 N–H and O–H groups in total. The Bertz CT molecular complexity index is 401. The number of oxazole rings is 1. The second-order valence-electron chi connectivity index (χ2n) is 4.00. The largest absolute Gasteiger partial charge is 0.461 e. The molecule has 6 heteroatoms. The fraction of sp³-hybridized carbons (Fsp3) is 0.636. The molecule has 0 aromatic carbocycles. The number of aromatic nitrogens is 1. The molecule has 0 saturated heterocycles. The van der Waals surface area contributed by atoms with E-state index in [2.05, 4.69) is 16.6 Å². The SMILES string of the molecule is CCOC(=O)c1coc(NCC2(SC)CC2)n1. The number of thioether (sulfide) groups is 1. The first-order chi connectivity index (χ1) is 8.19. The summed E-state index contributed by atoms with van der Waals surface area (Å²) in [4.78, 5) is 15.4. The van der Waals surface area contributed by atoms with Crippen molar-refractivity contribution in [3.05, 3.63) is 12.0 Å². The topological polar surface area (TPSA) is 64.4 Å². The molecule has 1 heterocycles. The number of carbonyl (C=O) groups excluding carboxylic acids is 1. The Kier molecular flexibility index (Phi) is 3.61. The molecule has 1 aliphatic rings. The molecule has 0 spiro atoms. The van der Waals surface area contributed by atoms with Gasteiger partial charge in [-0.1, -0.05) is 0 Å². The summed E-state index contributed by atoms with van der Waals surface area (Å²) in [5.41, 5.74) is 0.211. The van der Waals surface area contributed by atoms with Crippen LogP contribution in [-0.4, -0.2) is 35.1 Å². The van der Waals surface area contributed by atoms with Crippen LogP contribution in [0, 0.1) is 0 Å². The third-order valence-electron chi connectivity index (χ3n) is 2.79. The van der Waals surface area contributed by atoms with Crippen molar-refractivity contribution >= 4 is 23.7 Å². The molecular weight excluding hydrogens is 240 g/mol. The Morgan fingerprint density at radius 2 is 2.47 bits per heavy atom. The molecule has 94 valence electrons. The van der Waals surface area contributed by atoms with Gasteiger partial charge in [0.1, 0.15) is 6.26 Å². The third kappa shape index (κ3) is 2.94. The number of carbonyl (C=O) groups is 1. The number of anilines is 1. The summed E-state index contributed by atoms with van der Waals surface area (Å²) in [5.74, 6) is -0.449. The van der Waals surface area contributed by atoms with Crippen molar-refractivity contribution < 1.29 is 13.9 Å². The Morgan fingerprint density at radius 3 is 3.06 bits per heavy atom. The highest BCUT2D eigenvalue weighted by Crippen LogP contribution is 2.46. The first-order valence-corrected chi connectivity index (χ1v) is 6.83. The van der Waals surface area contributed by atoms with E-state index >= 15 is 0 Å². The number of esters is 1. The maximum absolute atomic E-state index is 11.4. The average molecular weight is 256 g/mol. The first kappa shape index (κ1) is 12.3. The molecule has 1 aromatic heterocycles. The van der Waals surface area contributed by atoms with E-state index in [1.54, 1.807) is 6.92 Å². The first-order valence-electron chi connectivity index (χ1n) is 5.61. The van der Waals surface area contributed by atoms with Gasteiger partial charge in [-0.05, 0) is 26.0 Å². The highest BCUT2D eigenvalue weighted by atomic mass is 32.2. The van der Waals surface area contributed by atoms with Gasteiger partial charge < -0.3 is 14.5 Å². The van der Waals surface area contributed by atoms with Gasteiger partial charge in [-0.25, -0.2) is 4.79 Å². The van der Waals surface area contributed by atoms with Crippen molar-refractivity contribution in [3.8, 4) is 0 Å². The number of ether oxygens (including phenoxy) is 1. The zero-order valence-corrected chi connectivity index (χ0v) is 10.8. The van der Waals surface area contributed by atoms with Crippen LogP contribution in [0.3, 0.4) is 0 Å². The molecule has 1 aromatic rings. The van der Waals surface area contributed by atoms with Crippen molar-refractivity contribution in [1.82, 2.24) is 4.98 Å². The van der Waals surface area contributed by atoms with Crippen LogP contribution in [0.15, 0.2) is 10.7 Å². The van der Waals surface area contributed by atoms with Gasteiger partial charge in [0.15, 0.2) is 5.69 Å². The molecule has 1 aliphatic carbocycles. The van der Waals surface area contributed by atoms with E-state index in [1.807, 2.05) is 11.8 Å².